The maximum absolute atomic E-state index is 12.0. The second kappa shape index (κ2) is 8.22. The van der Waals surface area contributed by atoms with Crippen LogP contribution in [0.2, 0.25) is 0 Å². The second-order valence-electron chi connectivity index (χ2n) is 5.01. The van der Waals surface area contributed by atoms with Gasteiger partial charge in [0.2, 0.25) is 5.91 Å². The highest BCUT2D eigenvalue weighted by atomic mass is 32.2. The molecular weight excluding hydrogens is 318 g/mol. The van der Waals surface area contributed by atoms with E-state index in [2.05, 4.69) is 5.32 Å². The number of rotatable bonds is 7. The van der Waals surface area contributed by atoms with E-state index >= 15 is 0 Å². The molecule has 0 aliphatic carbocycles. The molecule has 2 N–H and O–H groups in total. The third-order valence-electron chi connectivity index (χ3n) is 3.17. The fourth-order valence-corrected chi connectivity index (χ4v) is 3.79. The molecule has 118 valence electrons. The van der Waals surface area contributed by atoms with E-state index in [4.69, 9.17) is 5.11 Å². The molecule has 0 saturated carbocycles. The molecule has 0 aliphatic heterocycles. The number of aliphatic hydroxyl groups excluding tert-OH is 1. The molecule has 1 amide bonds. The highest BCUT2D eigenvalue weighted by molar-refractivity contribution is 7.84. The Hall–Kier alpha value is -1.50. The standard InChI is InChI=1S/C16H19NO3S2/c1-12(15-3-2-8-21-15)17-16(19)11-22(20)10-14-6-4-13(9-18)5-7-14/h2-8,12,18H,9-11H2,1H3,(H,17,19). The Morgan fingerprint density at radius 2 is 1.95 bits per heavy atom. The highest BCUT2D eigenvalue weighted by Crippen LogP contribution is 2.17. The number of thiophene rings is 1. The second-order valence-corrected chi connectivity index (χ2v) is 7.44. The van der Waals surface area contributed by atoms with Gasteiger partial charge in [-0.2, -0.15) is 0 Å². The molecule has 0 fully saturated rings. The Bertz CT molecular complexity index is 623. The van der Waals surface area contributed by atoms with Crippen LogP contribution in [0.5, 0.6) is 0 Å². The molecule has 0 bridgehead atoms. The lowest BCUT2D eigenvalue weighted by Crippen LogP contribution is -2.30. The first-order valence-corrected chi connectivity index (χ1v) is 9.31. The number of carbonyl (C=O) groups excluding carboxylic acids is 1. The molecule has 2 rings (SSSR count). The van der Waals surface area contributed by atoms with Gasteiger partial charge in [-0.25, -0.2) is 0 Å². The number of nitrogens with one attached hydrogen (secondary N) is 1. The lowest BCUT2D eigenvalue weighted by Gasteiger charge is -2.12. The number of benzene rings is 1. The van der Waals surface area contributed by atoms with Gasteiger partial charge in [-0.3, -0.25) is 9.00 Å². The van der Waals surface area contributed by atoms with Crippen LogP contribution in [-0.2, 0) is 28.0 Å². The van der Waals surface area contributed by atoms with Crippen LogP contribution >= 0.6 is 11.3 Å². The summed E-state index contributed by atoms with van der Waals surface area (Å²) in [5.74, 6) is 0.135. The fourth-order valence-electron chi connectivity index (χ4n) is 2.02. The average Bonchev–Trinajstić information content (AvgIpc) is 3.02. The van der Waals surface area contributed by atoms with Crippen LogP contribution < -0.4 is 5.32 Å². The summed E-state index contributed by atoms with van der Waals surface area (Å²) in [4.78, 5) is 13.0. The topological polar surface area (TPSA) is 66.4 Å². The lowest BCUT2D eigenvalue weighted by atomic mass is 10.2. The van der Waals surface area contributed by atoms with E-state index in [9.17, 15) is 9.00 Å². The van der Waals surface area contributed by atoms with Crippen LogP contribution in [0.4, 0.5) is 0 Å². The van der Waals surface area contributed by atoms with Gasteiger partial charge in [0.1, 0.15) is 5.75 Å². The summed E-state index contributed by atoms with van der Waals surface area (Å²) in [5, 5.41) is 13.8. The van der Waals surface area contributed by atoms with Gasteiger partial charge in [0, 0.05) is 21.4 Å². The third-order valence-corrected chi connectivity index (χ3v) is 5.47. The van der Waals surface area contributed by atoms with Crippen molar-refractivity contribution in [1.82, 2.24) is 5.32 Å². The molecule has 1 aromatic heterocycles. The van der Waals surface area contributed by atoms with Gasteiger partial charge < -0.3 is 10.4 Å². The van der Waals surface area contributed by atoms with Crippen molar-refractivity contribution in [3.8, 4) is 0 Å². The van der Waals surface area contributed by atoms with E-state index in [0.717, 1.165) is 16.0 Å². The quantitative estimate of drug-likeness (QED) is 0.815. The predicted octanol–water partition coefficient (Wildman–Crippen LogP) is 2.37. The molecule has 0 radical (unpaired) electrons. The molecule has 2 aromatic rings. The smallest absolute Gasteiger partial charge is 0.233 e. The SMILES string of the molecule is CC(NC(=O)CS(=O)Cc1ccc(CO)cc1)c1cccs1. The molecule has 4 nitrogen and oxygen atoms in total. The molecule has 0 aliphatic rings. The summed E-state index contributed by atoms with van der Waals surface area (Å²) in [6, 6.07) is 11.1. The monoisotopic (exact) mass is 337 g/mol. The zero-order valence-corrected chi connectivity index (χ0v) is 14.0. The summed E-state index contributed by atoms with van der Waals surface area (Å²) >= 11 is 1.59. The number of hydrogen-bond acceptors (Lipinski definition) is 4. The van der Waals surface area contributed by atoms with E-state index in [0.29, 0.717) is 5.75 Å². The molecule has 22 heavy (non-hydrogen) atoms. The normalized spacial score (nSPS) is 13.5. The van der Waals surface area contributed by atoms with Crippen molar-refractivity contribution in [1.29, 1.82) is 0 Å². The molecule has 1 aromatic carbocycles. The number of carbonyl (C=O) groups is 1. The van der Waals surface area contributed by atoms with Crippen LogP contribution in [0.25, 0.3) is 0 Å². The van der Waals surface area contributed by atoms with Crippen molar-refractivity contribution in [3.63, 3.8) is 0 Å². The zero-order valence-electron chi connectivity index (χ0n) is 12.3. The molecule has 2 atom stereocenters. The first kappa shape index (κ1) is 16.9. The Balaban J connectivity index is 1.81. The summed E-state index contributed by atoms with van der Waals surface area (Å²) < 4.78 is 12.0. The van der Waals surface area contributed by atoms with Gasteiger partial charge in [0.25, 0.3) is 0 Å². The summed E-state index contributed by atoms with van der Waals surface area (Å²) in [6.07, 6.45) is 0. The van der Waals surface area contributed by atoms with Gasteiger partial charge in [-0.1, -0.05) is 30.3 Å². The number of hydrogen-bond donors (Lipinski definition) is 2. The Labute approximate surface area is 136 Å². The van der Waals surface area contributed by atoms with Crippen LogP contribution in [0.1, 0.15) is 29.0 Å². The highest BCUT2D eigenvalue weighted by Gasteiger charge is 2.13. The molecule has 6 heteroatoms. The van der Waals surface area contributed by atoms with Crippen LogP contribution in [0.15, 0.2) is 41.8 Å². The molecular formula is C16H19NO3S2. The third kappa shape index (κ3) is 5.05. The molecule has 0 saturated heterocycles. The van der Waals surface area contributed by atoms with Gasteiger partial charge in [-0.15, -0.1) is 11.3 Å². The summed E-state index contributed by atoms with van der Waals surface area (Å²) in [7, 11) is -1.24. The number of aliphatic hydroxyl groups is 1. The van der Waals surface area contributed by atoms with Crippen molar-refractivity contribution in [2.24, 2.45) is 0 Å². The first-order chi connectivity index (χ1) is 10.6. The van der Waals surface area contributed by atoms with Crippen molar-refractivity contribution < 1.29 is 14.1 Å². The van der Waals surface area contributed by atoms with Crippen molar-refractivity contribution in [3.05, 3.63) is 57.8 Å². The maximum Gasteiger partial charge on any atom is 0.233 e. The Morgan fingerprint density at radius 1 is 1.27 bits per heavy atom. The van der Waals surface area contributed by atoms with Gasteiger partial charge in [0.15, 0.2) is 0 Å². The maximum atomic E-state index is 12.0. The van der Waals surface area contributed by atoms with Crippen molar-refractivity contribution >= 4 is 28.0 Å². The summed E-state index contributed by atoms with van der Waals surface area (Å²) in [5.41, 5.74) is 1.71. The van der Waals surface area contributed by atoms with Crippen LogP contribution in [0.3, 0.4) is 0 Å². The van der Waals surface area contributed by atoms with E-state index < -0.39 is 10.8 Å². The van der Waals surface area contributed by atoms with E-state index in [1.807, 2.05) is 36.6 Å². The van der Waals surface area contributed by atoms with Gasteiger partial charge in [0.05, 0.1) is 12.6 Å². The van der Waals surface area contributed by atoms with E-state index in [1.54, 1.807) is 23.5 Å². The van der Waals surface area contributed by atoms with Gasteiger partial charge >= 0.3 is 0 Å². The van der Waals surface area contributed by atoms with Crippen molar-refractivity contribution in [2.45, 2.75) is 25.3 Å². The van der Waals surface area contributed by atoms with Crippen molar-refractivity contribution in [2.75, 3.05) is 5.75 Å². The van der Waals surface area contributed by atoms with E-state index in [-0.39, 0.29) is 24.3 Å². The number of amides is 1. The molecule has 2 unspecified atom stereocenters. The average molecular weight is 337 g/mol. The largest absolute Gasteiger partial charge is 0.392 e. The summed E-state index contributed by atoms with van der Waals surface area (Å²) in [6.45, 7) is 1.91. The minimum absolute atomic E-state index is 0.00251. The molecule has 0 spiro atoms. The van der Waals surface area contributed by atoms with Gasteiger partial charge in [-0.05, 0) is 29.5 Å². The minimum Gasteiger partial charge on any atom is -0.392 e. The predicted molar refractivity (Wildman–Crippen MR) is 90.0 cm³/mol. The Kier molecular flexibility index (Phi) is 6.30. The minimum atomic E-state index is -1.24. The van der Waals surface area contributed by atoms with Crippen LogP contribution in [0, 0.1) is 0 Å². The lowest BCUT2D eigenvalue weighted by molar-refractivity contribution is -0.119. The fraction of sp³-hybridized carbons (Fsp3) is 0.312. The first-order valence-electron chi connectivity index (χ1n) is 6.95. The Morgan fingerprint density at radius 3 is 2.55 bits per heavy atom. The van der Waals surface area contributed by atoms with E-state index in [1.165, 1.54) is 0 Å². The molecule has 1 heterocycles. The van der Waals surface area contributed by atoms with Crippen LogP contribution in [-0.4, -0.2) is 21.0 Å². The zero-order chi connectivity index (χ0) is 15.9.